The van der Waals surface area contributed by atoms with Crippen molar-refractivity contribution in [3.8, 4) is 0 Å². The molecule has 0 fully saturated rings. The molecule has 6 atom stereocenters. The van der Waals surface area contributed by atoms with Gasteiger partial charge in [0.25, 0.3) is 0 Å². The average molecular weight is 1330 g/mol. The third kappa shape index (κ3) is 63.5. The highest BCUT2D eigenvalue weighted by Gasteiger charge is 2.30. The van der Waals surface area contributed by atoms with Crippen molar-refractivity contribution in [2.24, 2.45) is 23.7 Å². The van der Waals surface area contributed by atoms with E-state index in [1.54, 1.807) is 0 Å². The summed E-state index contributed by atoms with van der Waals surface area (Å²) in [4.78, 5) is 72.6. The molecule has 0 aliphatic carbocycles. The van der Waals surface area contributed by atoms with E-state index in [2.05, 4.69) is 55.4 Å². The second-order valence-corrected chi connectivity index (χ2v) is 30.2. The molecular weight excluding hydrogens is 1190 g/mol. The molecule has 19 heteroatoms. The van der Waals surface area contributed by atoms with Crippen LogP contribution in [0.3, 0.4) is 0 Å². The highest BCUT2D eigenvalue weighted by atomic mass is 31.2. The van der Waals surface area contributed by atoms with E-state index in [4.69, 9.17) is 37.0 Å². The maximum absolute atomic E-state index is 13.0. The fourth-order valence-corrected chi connectivity index (χ4v) is 12.2. The summed E-state index contributed by atoms with van der Waals surface area (Å²) in [6, 6.07) is 0. The molecule has 4 unspecified atom stereocenters. The number of phosphoric ester groups is 2. The van der Waals surface area contributed by atoms with E-state index in [0.717, 1.165) is 114 Å². The van der Waals surface area contributed by atoms with Crippen LogP contribution in [0.2, 0.25) is 0 Å². The molecule has 90 heavy (non-hydrogen) atoms. The van der Waals surface area contributed by atoms with Crippen LogP contribution in [0.15, 0.2) is 0 Å². The van der Waals surface area contributed by atoms with E-state index < -0.39 is 97.5 Å². The Morgan fingerprint density at radius 2 is 0.533 bits per heavy atom. The Morgan fingerprint density at radius 1 is 0.311 bits per heavy atom. The normalized spacial score (nSPS) is 14.6. The number of hydrogen-bond acceptors (Lipinski definition) is 15. The van der Waals surface area contributed by atoms with Gasteiger partial charge in [-0.05, 0) is 49.4 Å². The van der Waals surface area contributed by atoms with Crippen LogP contribution in [0.1, 0.15) is 351 Å². The third-order valence-corrected chi connectivity index (χ3v) is 18.6. The first kappa shape index (κ1) is 88.1. The molecule has 3 N–H and O–H groups in total. The van der Waals surface area contributed by atoms with E-state index in [1.807, 2.05) is 0 Å². The fraction of sp³-hybridized carbons (Fsp3) is 0.944. The first-order chi connectivity index (χ1) is 43.1. The van der Waals surface area contributed by atoms with Crippen LogP contribution in [0.4, 0.5) is 0 Å². The van der Waals surface area contributed by atoms with Crippen molar-refractivity contribution in [1.82, 2.24) is 0 Å². The van der Waals surface area contributed by atoms with Crippen molar-refractivity contribution in [2.75, 3.05) is 39.6 Å². The quantitative estimate of drug-likeness (QED) is 0.0222. The number of ether oxygens (including phenoxy) is 4. The van der Waals surface area contributed by atoms with Crippen molar-refractivity contribution in [3.05, 3.63) is 0 Å². The molecule has 0 aliphatic heterocycles. The Kier molecular flexibility index (Phi) is 59.4. The fourth-order valence-electron chi connectivity index (χ4n) is 10.6. The first-order valence-electron chi connectivity index (χ1n) is 36.7. The Balaban J connectivity index is 5.27. The van der Waals surface area contributed by atoms with Gasteiger partial charge >= 0.3 is 39.5 Å². The maximum atomic E-state index is 13.0. The van der Waals surface area contributed by atoms with Crippen molar-refractivity contribution in [1.29, 1.82) is 0 Å². The van der Waals surface area contributed by atoms with Gasteiger partial charge in [0.2, 0.25) is 0 Å². The van der Waals surface area contributed by atoms with Gasteiger partial charge in [-0.15, -0.1) is 0 Å². The Morgan fingerprint density at radius 3 is 0.789 bits per heavy atom. The monoisotopic (exact) mass is 1320 g/mol. The van der Waals surface area contributed by atoms with Crippen molar-refractivity contribution >= 4 is 39.5 Å². The van der Waals surface area contributed by atoms with Gasteiger partial charge < -0.3 is 33.8 Å². The molecule has 0 heterocycles. The topological polar surface area (TPSA) is 237 Å². The average Bonchev–Trinajstić information content (AvgIpc) is 2.98. The Hall–Kier alpha value is -1.94. The number of rotatable bonds is 68. The van der Waals surface area contributed by atoms with Crippen LogP contribution in [-0.2, 0) is 65.4 Å². The molecule has 0 saturated heterocycles. The lowest BCUT2D eigenvalue weighted by atomic mass is 9.99. The SMILES string of the molecule is CCC(C)CCCCCCCCCCC(=O)O[C@H](COC(=O)CCCCCCCCCCCCC(C)C)COP(=O)(O)OCC(O)COP(=O)(O)OC[C@@H](COC(=O)CCCCCCCCCCC(C)C)OC(=O)CCCCCCCCCCCCCC(C)C. The highest BCUT2D eigenvalue weighted by Crippen LogP contribution is 2.45. The standard InChI is InChI=1S/C71H138O17P2/c1-9-64(8)50-42-34-26-20-22-30-38-46-54-71(76)88-67(57-81-68(73)51-43-35-27-17-14-13-16-24-32-40-48-62(4)5)60-86-90(79,80)84-56-65(72)55-83-89(77,78)85-59-66(58-82-69(74)52-44-36-28-21-19-25-33-41-49-63(6)7)87-70(75)53-45-37-29-18-12-10-11-15-23-31-39-47-61(2)3/h61-67,72H,9-60H2,1-8H3,(H,77,78)(H,79,80)/t64?,65?,66-,67-/m1/s1. The maximum Gasteiger partial charge on any atom is 0.472 e. The summed E-state index contributed by atoms with van der Waals surface area (Å²) in [6.07, 6.45) is 43.0. The van der Waals surface area contributed by atoms with E-state index in [9.17, 15) is 43.2 Å². The largest absolute Gasteiger partial charge is 0.472 e. The lowest BCUT2D eigenvalue weighted by Crippen LogP contribution is -2.30. The second kappa shape index (κ2) is 60.7. The number of carbonyl (C=O) groups is 4. The summed E-state index contributed by atoms with van der Waals surface area (Å²) in [5.74, 6) is 0.891. The zero-order valence-corrected chi connectivity index (χ0v) is 60.6. The van der Waals surface area contributed by atoms with Crippen molar-refractivity contribution in [2.45, 2.75) is 369 Å². The van der Waals surface area contributed by atoms with Gasteiger partial charge in [0.05, 0.1) is 26.4 Å². The Labute approximate surface area is 549 Å². The molecule has 0 bridgehead atoms. The molecule has 0 aliphatic rings. The molecule has 0 radical (unpaired) electrons. The number of carbonyl (C=O) groups excluding carboxylic acids is 4. The molecule has 0 aromatic rings. The van der Waals surface area contributed by atoms with Crippen LogP contribution in [0.5, 0.6) is 0 Å². The minimum Gasteiger partial charge on any atom is -0.462 e. The summed E-state index contributed by atoms with van der Waals surface area (Å²) in [5, 5.41) is 10.6. The lowest BCUT2D eigenvalue weighted by Gasteiger charge is -2.21. The lowest BCUT2D eigenvalue weighted by molar-refractivity contribution is -0.161. The third-order valence-electron chi connectivity index (χ3n) is 16.7. The zero-order chi connectivity index (χ0) is 66.8. The first-order valence-corrected chi connectivity index (χ1v) is 39.7. The van der Waals surface area contributed by atoms with E-state index in [0.29, 0.717) is 25.7 Å². The van der Waals surface area contributed by atoms with E-state index in [1.165, 1.54) is 154 Å². The molecule has 0 aromatic heterocycles. The van der Waals surface area contributed by atoms with Crippen LogP contribution in [0, 0.1) is 23.7 Å². The summed E-state index contributed by atoms with van der Waals surface area (Å²) in [6.45, 7) is 14.1. The molecular formula is C71H138O17P2. The predicted octanol–water partition coefficient (Wildman–Crippen LogP) is 20.1. The molecule has 0 amide bonds. The van der Waals surface area contributed by atoms with E-state index in [-0.39, 0.29) is 25.7 Å². The molecule has 0 aromatic carbocycles. The minimum atomic E-state index is -4.95. The van der Waals surface area contributed by atoms with Gasteiger partial charge in [-0.1, -0.05) is 299 Å². The van der Waals surface area contributed by atoms with Gasteiger partial charge in [0, 0.05) is 25.7 Å². The van der Waals surface area contributed by atoms with Gasteiger partial charge in [-0.2, -0.15) is 0 Å². The molecule has 17 nitrogen and oxygen atoms in total. The van der Waals surface area contributed by atoms with Crippen molar-refractivity contribution in [3.63, 3.8) is 0 Å². The second-order valence-electron chi connectivity index (χ2n) is 27.3. The minimum absolute atomic E-state index is 0.104. The van der Waals surface area contributed by atoms with Gasteiger partial charge in [0.15, 0.2) is 12.2 Å². The smallest absolute Gasteiger partial charge is 0.462 e. The predicted molar refractivity (Wildman–Crippen MR) is 363 cm³/mol. The number of unbranched alkanes of at least 4 members (excludes halogenated alkanes) is 33. The molecule has 0 rings (SSSR count). The van der Waals surface area contributed by atoms with Gasteiger partial charge in [0.1, 0.15) is 19.3 Å². The number of aliphatic hydroxyl groups is 1. The number of aliphatic hydroxyl groups excluding tert-OH is 1. The summed E-state index contributed by atoms with van der Waals surface area (Å²) < 4.78 is 68.3. The number of phosphoric acid groups is 2. The molecule has 534 valence electrons. The van der Waals surface area contributed by atoms with Crippen molar-refractivity contribution < 1.29 is 80.2 Å². The van der Waals surface area contributed by atoms with Crippen LogP contribution < -0.4 is 0 Å². The molecule has 0 spiro atoms. The van der Waals surface area contributed by atoms with Gasteiger partial charge in [-0.25, -0.2) is 9.13 Å². The van der Waals surface area contributed by atoms with Gasteiger partial charge in [-0.3, -0.25) is 37.3 Å². The zero-order valence-electron chi connectivity index (χ0n) is 58.8. The number of esters is 4. The number of hydrogen-bond donors (Lipinski definition) is 3. The summed E-state index contributed by atoms with van der Waals surface area (Å²) >= 11 is 0. The summed E-state index contributed by atoms with van der Waals surface area (Å²) in [7, 11) is -9.91. The van der Waals surface area contributed by atoms with Crippen LogP contribution in [0.25, 0.3) is 0 Å². The van der Waals surface area contributed by atoms with Crippen LogP contribution in [-0.4, -0.2) is 96.7 Å². The summed E-state index contributed by atoms with van der Waals surface area (Å²) in [5.41, 5.74) is 0. The Bertz CT molecular complexity index is 1780. The molecule has 0 saturated carbocycles. The van der Waals surface area contributed by atoms with Crippen LogP contribution >= 0.6 is 15.6 Å². The van der Waals surface area contributed by atoms with E-state index >= 15 is 0 Å². The highest BCUT2D eigenvalue weighted by molar-refractivity contribution is 7.47.